The van der Waals surface area contributed by atoms with Crippen LogP contribution in [0.15, 0.2) is 23.8 Å². The van der Waals surface area contributed by atoms with Crippen molar-refractivity contribution in [2.24, 2.45) is 5.73 Å². The smallest absolute Gasteiger partial charge is 0.240 e. The van der Waals surface area contributed by atoms with E-state index < -0.39 is 0 Å². The van der Waals surface area contributed by atoms with Gasteiger partial charge in [0.15, 0.2) is 0 Å². The largest absolute Gasteiger partial charge is 0.437 e. The Morgan fingerprint density at radius 3 is 2.48 bits per heavy atom. The molecule has 0 radical (unpaired) electrons. The molecule has 0 aliphatic rings. The number of thiophene rings is 1. The minimum atomic E-state index is 0.532. The van der Waals surface area contributed by atoms with Crippen molar-refractivity contribution in [2.45, 2.75) is 27.3 Å². The summed E-state index contributed by atoms with van der Waals surface area (Å²) in [5, 5.41) is 2.07. The van der Waals surface area contributed by atoms with Gasteiger partial charge in [-0.1, -0.05) is 12.1 Å². The zero-order valence-corrected chi connectivity index (χ0v) is 13.1. The lowest BCUT2D eigenvalue weighted by atomic mass is 10.1. The van der Waals surface area contributed by atoms with E-state index in [1.165, 1.54) is 0 Å². The van der Waals surface area contributed by atoms with Gasteiger partial charge in [0.2, 0.25) is 5.88 Å². The maximum Gasteiger partial charge on any atom is 0.240 e. The summed E-state index contributed by atoms with van der Waals surface area (Å²) >= 11 is 1.61. The van der Waals surface area contributed by atoms with E-state index in [9.17, 15) is 0 Å². The predicted octanol–water partition coefficient (Wildman–Crippen LogP) is 3.87. The maximum absolute atomic E-state index is 6.08. The number of rotatable bonds is 3. The van der Waals surface area contributed by atoms with Gasteiger partial charge in [0.25, 0.3) is 0 Å². The second-order valence-corrected chi connectivity index (χ2v) is 6.02. The molecule has 0 saturated heterocycles. The average molecular weight is 299 g/mol. The van der Waals surface area contributed by atoms with Gasteiger partial charge in [0.05, 0.1) is 5.52 Å². The molecule has 0 aliphatic heterocycles. The number of hydrogen-bond donors (Lipinski definition) is 1. The third kappa shape index (κ3) is 2.50. The molecule has 0 spiro atoms. The Hall–Kier alpha value is -1.98. The minimum Gasteiger partial charge on any atom is -0.437 e. The van der Waals surface area contributed by atoms with Crippen molar-refractivity contribution in [3.05, 3.63) is 46.1 Å². The summed E-state index contributed by atoms with van der Waals surface area (Å²) in [5.41, 5.74) is 11.1. The standard InChI is InChI=1S/C16H17N3OS/c1-9-4-12(6-17)5-10(2)14(9)20-16-15-13(18-8-19-16)11(3)7-21-15/h4-5,7-8H,6,17H2,1-3H3. The molecule has 5 heteroatoms. The molecule has 2 N–H and O–H groups in total. The molecule has 0 aliphatic carbocycles. The quantitative estimate of drug-likeness (QED) is 0.797. The third-order valence-corrected chi connectivity index (χ3v) is 4.53. The fourth-order valence-corrected chi connectivity index (χ4v) is 3.36. The number of aryl methyl sites for hydroxylation is 3. The van der Waals surface area contributed by atoms with E-state index in [1.807, 2.05) is 20.8 Å². The maximum atomic E-state index is 6.08. The molecule has 4 nitrogen and oxygen atoms in total. The van der Waals surface area contributed by atoms with E-state index in [4.69, 9.17) is 10.5 Å². The van der Waals surface area contributed by atoms with Gasteiger partial charge in [-0.05, 0) is 48.4 Å². The molecule has 3 aromatic rings. The van der Waals surface area contributed by atoms with Crippen LogP contribution in [-0.2, 0) is 6.54 Å². The highest BCUT2D eigenvalue weighted by Crippen LogP contribution is 2.35. The van der Waals surface area contributed by atoms with E-state index in [1.54, 1.807) is 17.7 Å². The number of aromatic nitrogens is 2. The predicted molar refractivity (Wildman–Crippen MR) is 86.0 cm³/mol. The summed E-state index contributed by atoms with van der Waals surface area (Å²) in [4.78, 5) is 8.61. The minimum absolute atomic E-state index is 0.532. The molecule has 108 valence electrons. The molecule has 2 heterocycles. The molecule has 0 fully saturated rings. The van der Waals surface area contributed by atoms with Crippen LogP contribution in [0.25, 0.3) is 10.2 Å². The normalized spacial score (nSPS) is 11.0. The molecule has 0 saturated carbocycles. The van der Waals surface area contributed by atoms with Gasteiger partial charge >= 0.3 is 0 Å². The van der Waals surface area contributed by atoms with E-state index in [2.05, 4.69) is 27.5 Å². The van der Waals surface area contributed by atoms with E-state index in [0.29, 0.717) is 12.4 Å². The second-order valence-electron chi connectivity index (χ2n) is 5.14. The molecule has 0 unspecified atom stereocenters. The van der Waals surface area contributed by atoms with Gasteiger partial charge in [0, 0.05) is 6.54 Å². The summed E-state index contributed by atoms with van der Waals surface area (Å²) in [6.07, 6.45) is 1.55. The van der Waals surface area contributed by atoms with Crippen LogP contribution in [0.4, 0.5) is 0 Å². The van der Waals surface area contributed by atoms with E-state index in [-0.39, 0.29) is 0 Å². The Morgan fingerprint density at radius 2 is 1.81 bits per heavy atom. The van der Waals surface area contributed by atoms with Crippen LogP contribution in [0.1, 0.15) is 22.3 Å². The summed E-state index contributed by atoms with van der Waals surface area (Å²) in [7, 11) is 0. The van der Waals surface area contributed by atoms with Crippen LogP contribution < -0.4 is 10.5 Å². The number of fused-ring (bicyclic) bond motifs is 1. The van der Waals surface area contributed by atoms with Gasteiger partial charge in [-0.2, -0.15) is 0 Å². The number of ether oxygens (including phenoxy) is 1. The highest BCUT2D eigenvalue weighted by molar-refractivity contribution is 7.17. The summed E-state index contributed by atoms with van der Waals surface area (Å²) in [5.74, 6) is 1.46. The van der Waals surface area contributed by atoms with Gasteiger partial charge in [-0.25, -0.2) is 9.97 Å². The van der Waals surface area contributed by atoms with Crippen LogP contribution >= 0.6 is 11.3 Å². The van der Waals surface area contributed by atoms with Crippen molar-refractivity contribution in [3.8, 4) is 11.6 Å². The molecule has 1 aromatic carbocycles. The van der Waals surface area contributed by atoms with Crippen LogP contribution in [0.2, 0.25) is 0 Å². The fraction of sp³-hybridized carbons (Fsp3) is 0.250. The number of nitrogens with two attached hydrogens (primary N) is 1. The SMILES string of the molecule is Cc1cc(CN)cc(C)c1Oc1ncnc2c(C)csc12. The Labute approximate surface area is 127 Å². The molecule has 21 heavy (non-hydrogen) atoms. The van der Waals surface area contributed by atoms with Crippen molar-refractivity contribution >= 4 is 21.6 Å². The lowest BCUT2D eigenvalue weighted by molar-refractivity contribution is 0.461. The summed E-state index contributed by atoms with van der Waals surface area (Å²) < 4.78 is 7.07. The third-order valence-electron chi connectivity index (χ3n) is 3.45. The van der Waals surface area contributed by atoms with Gasteiger partial charge in [0.1, 0.15) is 16.8 Å². The monoisotopic (exact) mass is 299 g/mol. The topological polar surface area (TPSA) is 61.0 Å². The van der Waals surface area contributed by atoms with Crippen molar-refractivity contribution in [1.29, 1.82) is 0 Å². The van der Waals surface area contributed by atoms with Crippen molar-refractivity contribution < 1.29 is 4.74 Å². The Bertz CT molecular complexity index is 787. The highest BCUT2D eigenvalue weighted by Gasteiger charge is 2.13. The van der Waals surface area contributed by atoms with Crippen molar-refractivity contribution in [3.63, 3.8) is 0 Å². The Balaban J connectivity index is 2.07. The first-order chi connectivity index (χ1) is 10.1. The molecule has 0 bridgehead atoms. The highest BCUT2D eigenvalue weighted by atomic mass is 32.1. The average Bonchev–Trinajstić information content (AvgIpc) is 2.85. The summed E-state index contributed by atoms with van der Waals surface area (Å²) in [6, 6.07) is 4.11. The van der Waals surface area contributed by atoms with E-state index >= 15 is 0 Å². The summed E-state index contributed by atoms with van der Waals surface area (Å²) in [6.45, 7) is 6.63. The van der Waals surface area contributed by atoms with Gasteiger partial charge in [-0.15, -0.1) is 11.3 Å². The van der Waals surface area contributed by atoms with Gasteiger partial charge < -0.3 is 10.5 Å². The number of hydrogen-bond acceptors (Lipinski definition) is 5. The molecule has 3 rings (SSSR count). The number of benzene rings is 1. The van der Waals surface area contributed by atoms with E-state index in [0.717, 1.165) is 38.2 Å². The van der Waals surface area contributed by atoms with Crippen molar-refractivity contribution in [1.82, 2.24) is 9.97 Å². The van der Waals surface area contributed by atoms with Crippen LogP contribution in [0.3, 0.4) is 0 Å². The lowest BCUT2D eigenvalue weighted by Crippen LogP contribution is -2.00. The molecular weight excluding hydrogens is 282 g/mol. The van der Waals surface area contributed by atoms with Gasteiger partial charge in [-0.3, -0.25) is 0 Å². The zero-order chi connectivity index (χ0) is 15.0. The van der Waals surface area contributed by atoms with Crippen LogP contribution in [-0.4, -0.2) is 9.97 Å². The first-order valence-electron chi connectivity index (χ1n) is 6.77. The molecular formula is C16H17N3OS. The van der Waals surface area contributed by atoms with Crippen LogP contribution in [0.5, 0.6) is 11.6 Å². The first-order valence-corrected chi connectivity index (χ1v) is 7.65. The molecule has 0 atom stereocenters. The first kappa shape index (κ1) is 14.0. The second kappa shape index (κ2) is 5.42. The van der Waals surface area contributed by atoms with Crippen molar-refractivity contribution in [2.75, 3.05) is 0 Å². The molecule has 0 amide bonds. The van der Waals surface area contributed by atoms with Crippen LogP contribution in [0, 0.1) is 20.8 Å². The fourth-order valence-electron chi connectivity index (χ4n) is 2.44. The molecule has 2 aromatic heterocycles. The lowest BCUT2D eigenvalue weighted by Gasteiger charge is -2.13. The zero-order valence-electron chi connectivity index (χ0n) is 12.3. The number of nitrogens with zero attached hydrogens (tertiary/aromatic N) is 2. The Morgan fingerprint density at radius 1 is 1.10 bits per heavy atom. The Kier molecular flexibility index (Phi) is 3.61.